The van der Waals surface area contributed by atoms with Crippen LogP contribution < -0.4 is 0 Å². The van der Waals surface area contributed by atoms with E-state index in [0.717, 1.165) is 29.4 Å². The number of halogens is 1. The minimum atomic E-state index is -0.203. The van der Waals surface area contributed by atoms with Gasteiger partial charge in [0.15, 0.2) is 0 Å². The van der Waals surface area contributed by atoms with Crippen LogP contribution in [0.25, 0.3) is 22.2 Å². The molecule has 112 valence electrons. The van der Waals surface area contributed by atoms with Gasteiger partial charge in [-0.15, -0.1) is 0 Å². The molecular formula is C19H19FN2. The molecule has 0 amide bonds. The van der Waals surface area contributed by atoms with Gasteiger partial charge in [0.2, 0.25) is 0 Å². The highest BCUT2D eigenvalue weighted by Gasteiger charge is 2.11. The van der Waals surface area contributed by atoms with E-state index >= 15 is 0 Å². The van der Waals surface area contributed by atoms with E-state index in [-0.39, 0.29) is 5.82 Å². The van der Waals surface area contributed by atoms with Gasteiger partial charge in [-0.3, -0.25) is 0 Å². The zero-order valence-electron chi connectivity index (χ0n) is 12.9. The quantitative estimate of drug-likeness (QED) is 0.682. The molecule has 3 aromatic rings. The molecule has 3 heteroatoms. The van der Waals surface area contributed by atoms with Crippen LogP contribution in [0.2, 0.25) is 0 Å². The Bertz CT molecular complexity index is 813. The van der Waals surface area contributed by atoms with E-state index in [1.54, 1.807) is 0 Å². The molecule has 0 spiro atoms. The summed E-state index contributed by atoms with van der Waals surface area (Å²) in [5, 5.41) is 1.13. The van der Waals surface area contributed by atoms with E-state index in [1.807, 2.05) is 24.5 Å². The Morgan fingerprint density at radius 1 is 1.14 bits per heavy atom. The first-order chi connectivity index (χ1) is 10.7. The van der Waals surface area contributed by atoms with Crippen molar-refractivity contribution in [1.29, 1.82) is 0 Å². The Morgan fingerprint density at radius 2 is 1.91 bits per heavy atom. The van der Waals surface area contributed by atoms with Crippen molar-refractivity contribution in [3.05, 3.63) is 65.7 Å². The summed E-state index contributed by atoms with van der Waals surface area (Å²) in [7, 11) is 0. The Kier molecular flexibility index (Phi) is 4.05. The van der Waals surface area contributed by atoms with E-state index in [0.29, 0.717) is 0 Å². The molecule has 0 saturated carbocycles. The number of hydrogen-bond donors (Lipinski definition) is 1. The Hall–Kier alpha value is -2.42. The van der Waals surface area contributed by atoms with Gasteiger partial charge in [-0.2, -0.15) is 0 Å². The minimum Gasteiger partial charge on any atom is -0.346 e. The maximum atomic E-state index is 13.2. The number of pyridine rings is 1. The van der Waals surface area contributed by atoms with Crippen LogP contribution in [-0.2, 0) is 0 Å². The highest BCUT2D eigenvalue weighted by Crippen LogP contribution is 2.33. The third-order valence-corrected chi connectivity index (χ3v) is 4.02. The molecule has 0 aliphatic heterocycles. The number of nitrogens with zero attached hydrogens (tertiary/aromatic N) is 1. The summed E-state index contributed by atoms with van der Waals surface area (Å²) in [6.45, 7) is 4.28. The smallest absolute Gasteiger partial charge is 0.137 e. The van der Waals surface area contributed by atoms with E-state index < -0.39 is 0 Å². The molecule has 2 aromatic heterocycles. The summed E-state index contributed by atoms with van der Waals surface area (Å²) in [4.78, 5) is 7.52. The zero-order valence-corrected chi connectivity index (χ0v) is 12.9. The summed E-state index contributed by atoms with van der Waals surface area (Å²) >= 11 is 0. The van der Waals surface area contributed by atoms with E-state index in [1.165, 1.54) is 28.8 Å². The van der Waals surface area contributed by atoms with Crippen LogP contribution in [0.4, 0.5) is 4.39 Å². The number of nitrogens with one attached hydrogen (secondary N) is 1. The Labute approximate surface area is 129 Å². The molecule has 0 radical (unpaired) electrons. The molecule has 3 rings (SSSR count). The number of aromatic amines is 1. The average Bonchev–Trinajstić information content (AvgIpc) is 3.01. The topological polar surface area (TPSA) is 28.7 Å². The third kappa shape index (κ3) is 2.67. The molecule has 0 unspecified atom stereocenters. The second-order valence-corrected chi connectivity index (χ2v) is 5.46. The first kappa shape index (κ1) is 14.5. The maximum Gasteiger partial charge on any atom is 0.137 e. The molecule has 0 atom stereocenters. The summed E-state index contributed by atoms with van der Waals surface area (Å²) in [5.74, 6) is -0.203. The van der Waals surface area contributed by atoms with Crippen LogP contribution >= 0.6 is 0 Å². The first-order valence-electron chi connectivity index (χ1n) is 7.59. The van der Waals surface area contributed by atoms with Crippen molar-refractivity contribution in [2.75, 3.05) is 0 Å². The van der Waals surface area contributed by atoms with Crippen LogP contribution in [0.1, 0.15) is 37.8 Å². The molecule has 0 fully saturated rings. The van der Waals surface area contributed by atoms with Crippen molar-refractivity contribution in [3.63, 3.8) is 0 Å². The maximum absolute atomic E-state index is 13.2. The normalized spacial score (nSPS) is 12.5. The molecule has 1 aromatic carbocycles. The fourth-order valence-corrected chi connectivity index (χ4v) is 2.87. The molecule has 2 nitrogen and oxygen atoms in total. The van der Waals surface area contributed by atoms with Gasteiger partial charge in [0.25, 0.3) is 0 Å². The molecule has 0 aliphatic rings. The summed E-state index contributed by atoms with van der Waals surface area (Å²) in [5.41, 5.74) is 5.65. The van der Waals surface area contributed by atoms with Gasteiger partial charge in [-0.05, 0) is 59.9 Å². The van der Waals surface area contributed by atoms with Crippen molar-refractivity contribution in [2.45, 2.75) is 26.7 Å². The first-order valence-corrected chi connectivity index (χ1v) is 7.59. The highest BCUT2D eigenvalue weighted by atomic mass is 19.1. The van der Waals surface area contributed by atoms with Gasteiger partial charge >= 0.3 is 0 Å². The lowest BCUT2D eigenvalue weighted by atomic mass is 9.91. The number of H-pyrrole nitrogens is 1. The molecule has 0 saturated heterocycles. The second kappa shape index (κ2) is 6.14. The SMILES string of the molecule is CCC/C(=C(\C)c1ccc(F)cc1)c1ccnc2[nH]ccc12. The van der Waals surface area contributed by atoms with Gasteiger partial charge in [0.05, 0.1) is 0 Å². The van der Waals surface area contributed by atoms with Crippen molar-refractivity contribution in [1.82, 2.24) is 9.97 Å². The van der Waals surface area contributed by atoms with Crippen LogP contribution in [0.3, 0.4) is 0 Å². The molecule has 0 aliphatic carbocycles. The van der Waals surface area contributed by atoms with E-state index in [9.17, 15) is 4.39 Å². The van der Waals surface area contributed by atoms with Crippen molar-refractivity contribution >= 4 is 22.2 Å². The minimum absolute atomic E-state index is 0.203. The monoisotopic (exact) mass is 294 g/mol. The fourth-order valence-electron chi connectivity index (χ4n) is 2.87. The summed E-state index contributed by atoms with van der Waals surface area (Å²) in [6, 6.07) is 10.8. The zero-order chi connectivity index (χ0) is 15.5. The van der Waals surface area contributed by atoms with Gasteiger partial charge in [-0.25, -0.2) is 9.37 Å². The predicted octanol–water partition coefficient (Wildman–Crippen LogP) is 5.43. The number of aromatic nitrogens is 2. The molecule has 2 heterocycles. The molecule has 22 heavy (non-hydrogen) atoms. The largest absolute Gasteiger partial charge is 0.346 e. The number of allylic oxidation sites excluding steroid dienone is 2. The predicted molar refractivity (Wildman–Crippen MR) is 89.9 cm³/mol. The van der Waals surface area contributed by atoms with Gasteiger partial charge < -0.3 is 4.98 Å². The van der Waals surface area contributed by atoms with Crippen LogP contribution in [-0.4, -0.2) is 9.97 Å². The lowest BCUT2D eigenvalue weighted by molar-refractivity contribution is 0.627. The second-order valence-electron chi connectivity index (χ2n) is 5.46. The number of benzene rings is 1. The van der Waals surface area contributed by atoms with Crippen LogP contribution in [0.5, 0.6) is 0 Å². The summed E-state index contributed by atoms with van der Waals surface area (Å²) < 4.78 is 13.2. The van der Waals surface area contributed by atoms with E-state index in [4.69, 9.17) is 0 Å². The molecular weight excluding hydrogens is 275 g/mol. The highest BCUT2D eigenvalue weighted by molar-refractivity contribution is 5.98. The standard InChI is InChI=1S/C19H19FN2/c1-3-4-16(13(2)14-5-7-15(20)8-6-14)17-9-11-21-19-18(17)10-12-22-19/h5-12H,3-4H2,1-2H3,(H,21,22)/b16-13-. The Morgan fingerprint density at radius 3 is 2.64 bits per heavy atom. The molecule has 1 N–H and O–H groups in total. The van der Waals surface area contributed by atoms with Crippen molar-refractivity contribution in [3.8, 4) is 0 Å². The van der Waals surface area contributed by atoms with Crippen molar-refractivity contribution < 1.29 is 4.39 Å². The van der Waals surface area contributed by atoms with E-state index in [2.05, 4.69) is 35.9 Å². The van der Waals surface area contributed by atoms with Gasteiger partial charge in [0.1, 0.15) is 11.5 Å². The van der Waals surface area contributed by atoms with Gasteiger partial charge in [0, 0.05) is 17.8 Å². The summed E-state index contributed by atoms with van der Waals surface area (Å²) in [6.07, 6.45) is 5.79. The fraction of sp³-hybridized carbons (Fsp3) is 0.211. The van der Waals surface area contributed by atoms with Crippen LogP contribution in [0.15, 0.2) is 48.8 Å². The molecule has 0 bridgehead atoms. The average molecular weight is 294 g/mol. The Balaban J connectivity index is 2.18. The van der Waals surface area contributed by atoms with Crippen LogP contribution in [0, 0.1) is 5.82 Å². The number of rotatable bonds is 4. The lowest BCUT2D eigenvalue weighted by Gasteiger charge is -2.14. The number of fused-ring (bicyclic) bond motifs is 1. The van der Waals surface area contributed by atoms with Gasteiger partial charge in [-0.1, -0.05) is 25.5 Å². The van der Waals surface area contributed by atoms with Crippen molar-refractivity contribution in [2.24, 2.45) is 0 Å². The third-order valence-electron chi connectivity index (χ3n) is 4.02. The lowest BCUT2D eigenvalue weighted by Crippen LogP contribution is -1.92. The number of hydrogen-bond acceptors (Lipinski definition) is 1.